The predicted molar refractivity (Wildman–Crippen MR) is 130 cm³/mol. The van der Waals surface area contributed by atoms with Crippen LogP contribution in [0.1, 0.15) is 47.9 Å². The van der Waals surface area contributed by atoms with Crippen LogP contribution in [0.25, 0.3) is 11.1 Å². The third-order valence-electron chi connectivity index (χ3n) is 6.75. The Hall–Kier alpha value is -4.13. The van der Waals surface area contributed by atoms with Gasteiger partial charge in [-0.2, -0.15) is 0 Å². The van der Waals surface area contributed by atoms with Gasteiger partial charge in [-0.25, -0.2) is 9.59 Å². The second-order valence-electron chi connectivity index (χ2n) is 9.16. The lowest BCUT2D eigenvalue weighted by atomic mass is 9.98. The van der Waals surface area contributed by atoms with Gasteiger partial charge in [-0.3, -0.25) is 4.79 Å². The third-order valence-corrected chi connectivity index (χ3v) is 6.75. The average Bonchev–Trinajstić information content (AvgIpc) is 3.53. The van der Waals surface area contributed by atoms with Gasteiger partial charge in [0, 0.05) is 12.3 Å². The molecule has 0 aliphatic heterocycles. The van der Waals surface area contributed by atoms with Crippen molar-refractivity contribution in [2.75, 3.05) is 6.61 Å². The van der Waals surface area contributed by atoms with Crippen LogP contribution in [-0.2, 0) is 14.3 Å². The molecule has 0 aromatic heterocycles. The van der Waals surface area contributed by atoms with Crippen molar-refractivity contribution in [3.05, 3.63) is 95.6 Å². The van der Waals surface area contributed by atoms with Gasteiger partial charge < -0.3 is 20.5 Å². The number of alkyl carbamates (subject to hydrolysis) is 1. The first-order chi connectivity index (χ1) is 17.0. The van der Waals surface area contributed by atoms with Gasteiger partial charge in [0.2, 0.25) is 5.91 Å². The Morgan fingerprint density at radius 1 is 0.886 bits per heavy atom. The normalized spacial score (nSPS) is 15.9. The fraction of sp³-hybridized carbons (Fsp3) is 0.250. The van der Waals surface area contributed by atoms with Gasteiger partial charge >= 0.3 is 12.1 Å². The fourth-order valence-corrected chi connectivity index (χ4v) is 4.80. The molecule has 7 nitrogen and oxygen atoms in total. The molecule has 2 aliphatic rings. The van der Waals surface area contributed by atoms with Crippen LogP contribution in [0.3, 0.4) is 0 Å². The minimum absolute atomic E-state index is 0.00614. The van der Waals surface area contributed by atoms with Crippen molar-refractivity contribution < 1.29 is 24.2 Å². The molecule has 1 atom stereocenters. The molecule has 0 spiro atoms. The monoisotopic (exact) mass is 470 g/mol. The van der Waals surface area contributed by atoms with Crippen LogP contribution in [-0.4, -0.2) is 35.2 Å². The summed E-state index contributed by atoms with van der Waals surface area (Å²) in [7, 11) is 0. The van der Waals surface area contributed by atoms with E-state index in [4.69, 9.17) is 4.74 Å². The number of ether oxygens (including phenoxy) is 1. The molecule has 0 heterocycles. The Morgan fingerprint density at radius 3 is 2.03 bits per heavy atom. The number of amides is 2. The number of benzene rings is 3. The number of hydrogen-bond acceptors (Lipinski definition) is 4. The molecule has 0 bridgehead atoms. The van der Waals surface area contributed by atoms with E-state index in [9.17, 15) is 19.5 Å². The maximum Gasteiger partial charge on any atom is 0.407 e. The highest BCUT2D eigenvalue weighted by molar-refractivity contribution is 5.86. The number of carbonyl (C=O) groups excluding carboxylic acids is 2. The molecule has 3 aromatic rings. The summed E-state index contributed by atoms with van der Waals surface area (Å²) in [6.45, 7) is 0.192. The molecule has 0 saturated heterocycles. The molecule has 2 amide bonds. The molecular weight excluding hydrogens is 444 g/mol. The van der Waals surface area contributed by atoms with Gasteiger partial charge in [-0.05, 0) is 40.7 Å². The van der Waals surface area contributed by atoms with E-state index in [0.717, 1.165) is 22.3 Å². The van der Waals surface area contributed by atoms with E-state index >= 15 is 0 Å². The van der Waals surface area contributed by atoms with E-state index in [2.05, 4.69) is 34.9 Å². The van der Waals surface area contributed by atoms with Crippen LogP contribution in [0.4, 0.5) is 4.79 Å². The predicted octanol–water partition coefficient (Wildman–Crippen LogP) is 4.39. The second kappa shape index (κ2) is 9.25. The van der Waals surface area contributed by atoms with Crippen molar-refractivity contribution >= 4 is 18.0 Å². The number of rotatable bonds is 8. The molecule has 3 N–H and O–H groups in total. The third kappa shape index (κ3) is 4.75. The SMILES string of the molecule is O=C(CC1(NC(=O)OCC2c3ccccc3-c3ccccc32)CC1)NC(C(=O)O)c1ccccc1. The number of carbonyl (C=O) groups is 3. The summed E-state index contributed by atoms with van der Waals surface area (Å²) in [5, 5.41) is 15.0. The van der Waals surface area contributed by atoms with Crippen molar-refractivity contribution in [1.29, 1.82) is 0 Å². The molecule has 1 fully saturated rings. The van der Waals surface area contributed by atoms with Crippen LogP contribution in [0.15, 0.2) is 78.9 Å². The van der Waals surface area contributed by atoms with Crippen LogP contribution >= 0.6 is 0 Å². The Morgan fingerprint density at radius 2 is 1.46 bits per heavy atom. The molecule has 3 aromatic carbocycles. The Labute approximate surface area is 203 Å². The zero-order chi connectivity index (χ0) is 24.4. The van der Waals surface area contributed by atoms with E-state index in [1.165, 1.54) is 0 Å². The number of nitrogens with one attached hydrogen (secondary N) is 2. The van der Waals surface area contributed by atoms with E-state index in [1.54, 1.807) is 30.3 Å². The van der Waals surface area contributed by atoms with Gasteiger partial charge in [0.1, 0.15) is 6.61 Å². The molecule has 1 saturated carbocycles. The summed E-state index contributed by atoms with van der Waals surface area (Å²) >= 11 is 0. The molecule has 0 radical (unpaired) electrons. The number of hydrogen-bond donors (Lipinski definition) is 3. The van der Waals surface area contributed by atoms with Crippen molar-refractivity contribution in [1.82, 2.24) is 10.6 Å². The number of carboxylic acid groups (broad SMARTS) is 1. The largest absolute Gasteiger partial charge is 0.479 e. The maximum absolute atomic E-state index is 12.7. The molecule has 5 rings (SSSR count). The fourth-order valence-electron chi connectivity index (χ4n) is 4.80. The standard InChI is InChI=1S/C28H26N2O5/c31-24(29-25(26(32)33)18-8-2-1-3-9-18)16-28(14-15-28)30-27(34)35-17-23-21-12-6-4-10-19(21)20-11-5-7-13-22(20)23/h1-13,23,25H,14-17H2,(H,29,31)(H,30,34)(H,32,33). The summed E-state index contributed by atoms with van der Waals surface area (Å²) in [5.74, 6) is -1.62. The molecule has 7 heteroatoms. The van der Waals surface area contributed by atoms with Gasteiger partial charge in [0.05, 0.1) is 5.54 Å². The van der Waals surface area contributed by atoms with E-state index in [1.807, 2.05) is 24.3 Å². The van der Waals surface area contributed by atoms with Crippen LogP contribution in [0.5, 0.6) is 0 Å². The first-order valence-corrected chi connectivity index (χ1v) is 11.7. The van der Waals surface area contributed by atoms with Gasteiger partial charge in [-0.1, -0.05) is 78.9 Å². The second-order valence-corrected chi connectivity index (χ2v) is 9.16. The number of fused-ring (bicyclic) bond motifs is 3. The Bertz CT molecular complexity index is 1220. The van der Waals surface area contributed by atoms with Crippen LogP contribution in [0, 0.1) is 0 Å². The zero-order valence-corrected chi connectivity index (χ0v) is 19.1. The average molecular weight is 471 g/mol. The van der Waals surface area contributed by atoms with E-state index in [0.29, 0.717) is 18.4 Å². The van der Waals surface area contributed by atoms with E-state index < -0.39 is 29.6 Å². The molecule has 1 unspecified atom stereocenters. The maximum atomic E-state index is 12.7. The molecule has 178 valence electrons. The first-order valence-electron chi connectivity index (χ1n) is 11.7. The lowest BCUT2D eigenvalue weighted by molar-refractivity contribution is -0.142. The summed E-state index contributed by atoms with van der Waals surface area (Å²) in [4.78, 5) is 37.0. The molecular formula is C28H26N2O5. The number of aliphatic carboxylic acids is 1. The summed E-state index contributed by atoms with van der Waals surface area (Å²) in [6, 6.07) is 23.6. The number of carboxylic acids is 1. The van der Waals surface area contributed by atoms with Gasteiger partial charge in [0.25, 0.3) is 0 Å². The van der Waals surface area contributed by atoms with Crippen molar-refractivity contribution in [2.45, 2.75) is 36.8 Å². The zero-order valence-electron chi connectivity index (χ0n) is 19.1. The van der Waals surface area contributed by atoms with E-state index in [-0.39, 0.29) is 18.9 Å². The summed E-state index contributed by atoms with van der Waals surface area (Å²) < 4.78 is 5.61. The van der Waals surface area contributed by atoms with Crippen molar-refractivity contribution in [2.24, 2.45) is 0 Å². The highest BCUT2D eigenvalue weighted by atomic mass is 16.5. The van der Waals surface area contributed by atoms with Crippen LogP contribution < -0.4 is 10.6 Å². The van der Waals surface area contributed by atoms with Gasteiger partial charge in [0.15, 0.2) is 6.04 Å². The first kappa shape index (κ1) is 22.7. The highest BCUT2D eigenvalue weighted by Crippen LogP contribution is 2.44. The van der Waals surface area contributed by atoms with Crippen molar-refractivity contribution in [3.8, 4) is 11.1 Å². The topological polar surface area (TPSA) is 105 Å². The minimum Gasteiger partial charge on any atom is -0.479 e. The smallest absolute Gasteiger partial charge is 0.407 e. The van der Waals surface area contributed by atoms with Crippen LogP contribution in [0.2, 0.25) is 0 Å². The Balaban J connectivity index is 1.19. The minimum atomic E-state index is -1.14. The molecule has 35 heavy (non-hydrogen) atoms. The molecule has 2 aliphatic carbocycles. The lowest BCUT2D eigenvalue weighted by Crippen LogP contribution is -2.43. The quantitative estimate of drug-likeness (QED) is 0.453. The Kier molecular flexibility index (Phi) is 5.99. The summed E-state index contributed by atoms with van der Waals surface area (Å²) in [5.41, 5.74) is 4.34. The lowest BCUT2D eigenvalue weighted by Gasteiger charge is -2.20. The van der Waals surface area contributed by atoms with Crippen molar-refractivity contribution in [3.63, 3.8) is 0 Å². The summed E-state index contributed by atoms with van der Waals surface area (Å²) in [6.07, 6.45) is 0.685. The highest BCUT2D eigenvalue weighted by Gasteiger charge is 2.46. The van der Waals surface area contributed by atoms with Gasteiger partial charge in [-0.15, -0.1) is 0 Å².